The minimum absolute atomic E-state index is 0.309. The van der Waals surface area contributed by atoms with Gasteiger partial charge in [0.1, 0.15) is 5.82 Å². The molecule has 2 rings (SSSR count). The molecule has 0 bridgehead atoms. The lowest BCUT2D eigenvalue weighted by Gasteiger charge is -2.11. The van der Waals surface area contributed by atoms with Gasteiger partial charge in [-0.3, -0.25) is 0 Å². The van der Waals surface area contributed by atoms with Gasteiger partial charge in [-0.15, -0.1) is 0 Å². The number of nitrogens with zero attached hydrogens (tertiary/aromatic N) is 2. The standard InChI is InChI=1S/C17H20FN3/c1-4-21(3)12-19-16-11-15(18)17(10-13(16)2)20-14-8-6-5-7-9-14/h5-12,20H,4H2,1-3H3. The largest absolute Gasteiger partial charge is 0.366 e. The molecule has 0 amide bonds. The number of aryl methyl sites for hydroxylation is 1. The van der Waals surface area contributed by atoms with Gasteiger partial charge in [0.25, 0.3) is 0 Å². The van der Waals surface area contributed by atoms with Gasteiger partial charge in [0.15, 0.2) is 0 Å². The Labute approximate surface area is 125 Å². The van der Waals surface area contributed by atoms with Crippen molar-refractivity contribution in [2.75, 3.05) is 18.9 Å². The van der Waals surface area contributed by atoms with Crippen LogP contribution in [0, 0.1) is 12.7 Å². The summed E-state index contributed by atoms with van der Waals surface area (Å²) < 4.78 is 14.2. The molecule has 0 spiro atoms. The topological polar surface area (TPSA) is 27.6 Å². The highest BCUT2D eigenvalue weighted by Crippen LogP contribution is 2.27. The smallest absolute Gasteiger partial charge is 0.148 e. The summed E-state index contributed by atoms with van der Waals surface area (Å²) >= 11 is 0. The maximum absolute atomic E-state index is 14.2. The molecule has 0 aromatic heterocycles. The lowest BCUT2D eigenvalue weighted by molar-refractivity contribution is 0.552. The van der Waals surface area contributed by atoms with E-state index in [-0.39, 0.29) is 5.82 Å². The fourth-order valence-electron chi connectivity index (χ4n) is 1.83. The average molecular weight is 285 g/mol. The van der Waals surface area contributed by atoms with Gasteiger partial charge in [-0.1, -0.05) is 18.2 Å². The summed E-state index contributed by atoms with van der Waals surface area (Å²) in [5, 5.41) is 3.08. The summed E-state index contributed by atoms with van der Waals surface area (Å²) in [7, 11) is 1.93. The van der Waals surface area contributed by atoms with E-state index in [2.05, 4.69) is 10.3 Å². The van der Waals surface area contributed by atoms with Gasteiger partial charge in [-0.25, -0.2) is 9.38 Å². The third-order valence-corrected chi connectivity index (χ3v) is 3.23. The van der Waals surface area contributed by atoms with Crippen LogP contribution in [-0.2, 0) is 0 Å². The Balaban J connectivity index is 2.23. The van der Waals surface area contributed by atoms with Crippen LogP contribution in [-0.4, -0.2) is 24.8 Å². The molecule has 1 N–H and O–H groups in total. The van der Waals surface area contributed by atoms with Crippen molar-refractivity contribution in [1.29, 1.82) is 0 Å². The second kappa shape index (κ2) is 6.88. The molecule has 3 nitrogen and oxygen atoms in total. The quantitative estimate of drug-likeness (QED) is 0.647. The molecule has 110 valence electrons. The van der Waals surface area contributed by atoms with E-state index in [1.54, 1.807) is 12.4 Å². The lowest BCUT2D eigenvalue weighted by Crippen LogP contribution is -2.14. The van der Waals surface area contributed by atoms with Crippen LogP contribution in [0.25, 0.3) is 0 Å². The maximum atomic E-state index is 14.2. The third-order valence-electron chi connectivity index (χ3n) is 3.23. The summed E-state index contributed by atoms with van der Waals surface area (Å²) in [5.74, 6) is -0.309. The van der Waals surface area contributed by atoms with Crippen molar-refractivity contribution >= 4 is 23.4 Å². The van der Waals surface area contributed by atoms with Crippen LogP contribution in [0.5, 0.6) is 0 Å². The second-order valence-electron chi connectivity index (χ2n) is 4.93. The van der Waals surface area contributed by atoms with Gasteiger partial charge < -0.3 is 10.2 Å². The number of anilines is 2. The maximum Gasteiger partial charge on any atom is 0.148 e. The van der Waals surface area contributed by atoms with Crippen molar-refractivity contribution in [1.82, 2.24) is 4.90 Å². The monoisotopic (exact) mass is 285 g/mol. The van der Waals surface area contributed by atoms with E-state index < -0.39 is 0 Å². The number of halogens is 1. The SMILES string of the molecule is CCN(C)C=Nc1cc(F)c(Nc2ccccc2)cc1C. The summed E-state index contributed by atoms with van der Waals surface area (Å²) in [6.45, 7) is 4.82. The molecule has 0 saturated carbocycles. The van der Waals surface area contributed by atoms with E-state index in [1.165, 1.54) is 6.07 Å². The van der Waals surface area contributed by atoms with Gasteiger partial charge in [-0.2, -0.15) is 0 Å². The number of benzene rings is 2. The summed E-state index contributed by atoms with van der Waals surface area (Å²) in [6, 6.07) is 12.8. The van der Waals surface area contributed by atoms with Crippen LogP contribution in [0.3, 0.4) is 0 Å². The van der Waals surface area contributed by atoms with E-state index in [0.717, 1.165) is 17.8 Å². The Bertz CT molecular complexity index is 623. The molecule has 21 heavy (non-hydrogen) atoms. The lowest BCUT2D eigenvalue weighted by atomic mass is 10.1. The Morgan fingerprint density at radius 2 is 1.95 bits per heavy atom. The zero-order valence-corrected chi connectivity index (χ0v) is 12.6. The van der Waals surface area contributed by atoms with E-state index >= 15 is 0 Å². The number of rotatable bonds is 5. The number of aliphatic imine (C=N–C) groups is 1. The number of hydrogen-bond acceptors (Lipinski definition) is 2. The van der Waals surface area contributed by atoms with Crippen molar-refractivity contribution < 1.29 is 4.39 Å². The van der Waals surface area contributed by atoms with Gasteiger partial charge in [0.2, 0.25) is 0 Å². The Hall–Kier alpha value is -2.36. The predicted molar refractivity (Wildman–Crippen MR) is 87.3 cm³/mol. The van der Waals surface area contributed by atoms with Gasteiger partial charge in [0.05, 0.1) is 17.7 Å². The highest BCUT2D eigenvalue weighted by atomic mass is 19.1. The molecule has 0 aliphatic carbocycles. The molecule has 0 heterocycles. The number of para-hydroxylation sites is 1. The molecule has 0 radical (unpaired) electrons. The van der Waals surface area contributed by atoms with Crippen LogP contribution >= 0.6 is 0 Å². The number of nitrogens with one attached hydrogen (secondary N) is 1. The minimum atomic E-state index is -0.309. The Morgan fingerprint density at radius 1 is 1.24 bits per heavy atom. The van der Waals surface area contributed by atoms with E-state index in [9.17, 15) is 4.39 Å². The average Bonchev–Trinajstić information content (AvgIpc) is 2.50. The Morgan fingerprint density at radius 3 is 2.62 bits per heavy atom. The van der Waals surface area contributed by atoms with Crippen molar-refractivity contribution in [3.05, 3.63) is 53.8 Å². The molecule has 0 saturated heterocycles. The second-order valence-corrected chi connectivity index (χ2v) is 4.93. The van der Waals surface area contributed by atoms with Crippen LogP contribution < -0.4 is 5.32 Å². The highest BCUT2D eigenvalue weighted by molar-refractivity contribution is 5.68. The minimum Gasteiger partial charge on any atom is -0.366 e. The third kappa shape index (κ3) is 4.05. The van der Waals surface area contributed by atoms with Crippen LogP contribution in [0.2, 0.25) is 0 Å². The van der Waals surface area contributed by atoms with E-state index in [1.807, 2.05) is 56.1 Å². The van der Waals surface area contributed by atoms with Crippen LogP contribution in [0.4, 0.5) is 21.5 Å². The molecule has 0 aliphatic rings. The normalized spacial score (nSPS) is 10.9. The molecule has 0 atom stereocenters. The summed E-state index contributed by atoms with van der Waals surface area (Å²) in [6.07, 6.45) is 1.71. The molecule has 2 aromatic carbocycles. The molecule has 2 aromatic rings. The van der Waals surface area contributed by atoms with Crippen molar-refractivity contribution in [2.24, 2.45) is 4.99 Å². The molecule has 0 fully saturated rings. The van der Waals surface area contributed by atoms with Gasteiger partial charge in [-0.05, 0) is 37.6 Å². The predicted octanol–water partition coefficient (Wildman–Crippen LogP) is 4.49. The molecular weight excluding hydrogens is 265 g/mol. The first-order chi connectivity index (χ1) is 10.1. The molecule has 0 unspecified atom stereocenters. The molecule has 0 aliphatic heterocycles. The fourth-order valence-corrected chi connectivity index (χ4v) is 1.83. The summed E-state index contributed by atoms with van der Waals surface area (Å²) in [4.78, 5) is 6.26. The zero-order chi connectivity index (χ0) is 15.2. The summed E-state index contributed by atoms with van der Waals surface area (Å²) in [5.41, 5.74) is 2.89. The zero-order valence-electron chi connectivity index (χ0n) is 12.6. The van der Waals surface area contributed by atoms with E-state index in [4.69, 9.17) is 0 Å². The van der Waals surface area contributed by atoms with Gasteiger partial charge >= 0.3 is 0 Å². The Kier molecular flexibility index (Phi) is 4.93. The van der Waals surface area contributed by atoms with E-state index in [0.29, 0.717) is 11.4 Å². The highest BCUT2D eigenvalue weighted by Gasteiger charge is 2.07. The van der Waals surface area contributed by atoms with Crippen molar-refractivity contribution in [3.8, 4) is 0 Å². The number of hydrogen-bond donors (Lipinski definition) is 1. The van der Waals surface area contributed by atoms with Crippen LogP contribution in [0.15, 0.2) is 47.5 Å². The molecule has 4 heteroatoms. The van der Waals surface area contributed by atoms with Gasteiger partial charge in [0, 0.05) is 25.3 Å². The van der Waals surface area contributed by atoms with Crippen molar-refractivity contribution in [3.63, 3.8) is 0 Å². The first kappa shape index (κ1) is 15.0. The first-order valence-electron chi connectivity index (χ1n) is 6.96. The first-order valence-corrected chi connectivity index (χ1v) is 6.96. The van der Waals surface area contributed by atoms with Crippen molar-refractivity contribution in [2.45, 2.75) is 13.8 Å². The molecular formula is C17H20FN3. The van der Waals surface area contributed by atoms with Crippen LogP contribution in [0.1, 0.15) is 12.5 Å². The fraction of sp³-hybridized carbons (Fsp3) is 0.235.